The molecule has 0 heterocycles. The van der Waals surface area contributed by atoms with E-state index in [4.69, 9.17) is 5.84 Å². The number of rotatable bonds is 4. The van der Waals surface area contributed by atoms with Gasteiger partial charge in [-0.2, -0.15) is 11.8 Å². The van der Waals surface area contributed by atoms with E-state index in [0.717, 1.165) is 5.75 Å². The van der Waals surface area contributed by atoms with Crippen LogP contribution in [0.1, 0.15) is 52.9 Å². The fourth-order valence-corrected chi connectivity index (χ4v) is 2.93. The molecule has 0 amide bonds. The highest BCUT2D eigenvalue weighted by molar-refractivity contribution is 8.00. The van der Waals surface area contributed by atoms with Crippen LogP contribution >= 0.6 is 11.8 Å². The van der Waals surface area contributed by atoms with Crippen LogP contribution in [-0.4, -0.2) is 16.5 Å². The Morgan fingerprint density at radius 2 is 2.12 bits per heavy atom. The molecule has 94 valence electrons. The Kier molecular flexibility index (Phi) is 5.87. The highest BCUT2D eigenvalue weighted by Gasteiger charge is 2.18. The fourth-order valence-electron chi connectivity index (χ4n) is 1.95. The van der Waals surface area contributed by atoms with Gasteiger partial charge in [0.05, 0.1) is 6.04 Å². The van der Waals surface area contributed by atoms with Crippen LogP contribution in [0.25, 0.3) is 0 Å². The summed E-state index contributed by atoms with van der Waals surface area (Å²) >= 11 is 1.98. The molecular formula is C13H26N2S. The fraction of sp³-hybridized carbons (Fsp3) is 0.846. The Bertz CT molecular complexity index is 231. The van der Waals surface area contributed by atoms with Crippen LogP contribution in [0.15, 0.2) is 11.6 Å². The molecule has 1 unspecified atom stereocenters. The predicted octanol–water partition coefficient (Wildman–Crippen LogP) is 3.24. The molecule has 16 heavy (non-hydrogen) atoms. The lowest BCUT2D eigenvalue weighted by molar-refractivity contribution is 0.609. The van der Waals surface area contributed by atoms with Gasteiger partial charge in [0.1, 0.15) is 0 Å². The van der Waals surface area contributed by atoms with Crippen LogP contribution in [0.5, 0.6) is 0 Å². The maximum absolute atomic E-state index is 5.68. The number of hydrogen-bond donors (Lipinski definition) is 2. The third kappa shape index (κ3) is 5.37. The van der Waals surface area contributed by atoms with Crippen LogP contribution in [0, 0.1) is 0 Å². The molecule has 0 bridgehead atoms. The van der Waals surface area contributed by atoms with Crippen molar-refractivity contribution in [3.05, 3.63) is 11.6 Å². The third-order valence-electron chi connectivity index (χ3n) is 2.91. The number of hydrogen-bond acceptors (Lipinski definition) is 3. The van der Waals surface area contributed by atoms with Crippen molar-refractivity contribution in [1.29, 1.82) is 0 Å². The topological polar surface area (TPSA) is 38.0 Å². The first kappa shape index (κ1) is 14.1. The van der Waals surface area contributed by atoms with Gasteiger partial charge in [0.2, 0.25) is 0 Å². The van der Waals surface area contributed by atoms with Crippen LogP contribution in [0.2, 0.25) is 0 Å². The quantitative estimate of drug-likeness (QED) is 0.451. The molecule has 1 atom stereocenters. The Hall–Kier alpha value is 0.0100. The van der Waals surface area contributed by atoms with E-state index in [-0.39, 0.29) is 0 Å². The summed E-state index contributed by atoms with van der Waals surface area (Å²) in [5.74, 6) is 6.76. The van der Waals surface area contributed by atoms with Crippen molar-refractivity contribution in [2.45, 2.75) is 63.7 Å². The van der Waals surface area contributed by atoms with Crippen LogP contribution in [0.4, 0.5) is 0 Å². The Morgan fingerprint density at radius 1 is 1.38 bits per heavy atom. The van der Waals surface area contributed by atoms with Gasteiger partial charge in [-0.3, -0.25) is 11.3 Å². The second-order valence-electron chi connectivity index (χ2n) is 5.52. The van der Waals surface area contributed by atoms with E-state index in [1.807, 2.05) is 11.8 Å². The van der Waals surface area contributed by atoms with Gasteiger partial charge in [-0.1, -0.05) is 38.8 Å². The molecule has 3 heteroatoms. The number of nitrogens with one attached hydrogen (secondary N) is 1. The standard InChI is InChI=1S/C13H26N2S/c1-13(2,3)16-10-12(15-14)11-8-6-4-5-7-9-11/h8,12,15H,4-7,9-10,14H2,1-3H3. The number of allylic oxidation sites excluding steroid dienone is 1. The normalized spacial score (nSPS) is 20.1. The molecule has 0 aromatic rings. The van der Waals surface area contributed by atoms with Gasteiger partial charge in [0.25, 0.3) is 0 Å². The number of thioether (sulfide) groups is 1. The Morgan fingerprint density at radius 3 is 2.75 bits per heavy atom. The zero-order valence-corrected chi connectivity index (χ0v) is 11.7. The highest BCUT2D eigenvalue weighted by Crippen LogP contribution is 2.27. The second-order valence-corrected chi connectivity index (χ2v) is 7.37. The first-order valence-corrected chi connectivity index (χ1v) is 7.30. The number of hydrazine groups is 1. The van der Waals surface area contributed by atoms with Gasteiger partial charge in [0.15, 0.2) is 0 Å². The molecule has 0 radical (unpaired) electrons. The van der Waals surface area contributed by atoms with E-state index in [0.29, 0.717) is 10.8 Å². The molecule has 0 saturated heterocycles. The molecule has 0 spiro atoms. The molecular weight excluding hydrogens is 216 g/mol. The van der Waals surface area contributed by atoms with Gasteiger partial charge in [0, 0.05) is 10.5 Å². The average Bonchev–Trinajstić information content (AvgIpc) is 2.46. The maximum atomic E-state index is 5.68. The van der Waals surface area contributed by atoms with Crippen LogP contribution in [-0.2, 0) is 0 Å². The first-order chi connectivity index (χ1) is 7.53. The van der Waals surface area contributed by atoms with Gasteiger partial charge >= 0.3 is 0 Å². The SMILES string of the molecule is CC(C)(C)SCC(NN)C1=CCCCCC1. The van der Waals surface area contributed by atoms with Gasteiger partial charge in [-0.25, -0.2) is 0 Å². The third-order valence-corrected chi connectivity index (χ3v) is 4.27. The minimum absolute atomic E-state index is 0.320. The summed E-state index contributed by atoms with van der Waals surface area (Å²) in [4.78, 5) is 0. The van der Waals surface area contributed by atoms with E-state index < -0.39 is 0 Å². The summed E-state index contributed by atoms with van der Waals surface area (Å²) in [6.07, 6.45) is 8.88. The van der Waals surface area contributed by atoms with Crippen molar-refractivity contribution in [3.63, 3.8) is 0 Å². The minimum Gasteiger partial charge on any atom is -0.271 e. The van der Waals surface area contributed by atoms with Crippen molar-refractivity contribution < 1.29 is 0 Å². The van der Waals surface area contributed by atoms with Crippen molar-refractivity contribution in [2.24, 2.45) is 5.84 Å². The first-order valence-electron chi connectivity index (χ1n) is 6.32. The lowest BCUT2D eigenvalue weighted by atomic mass is 10.0. The molecule has 1 aliphatic carbocycles. The lowest BCUT2D eigenvalue weighted by Crippen LogP contribution is -2.39. The monoisotopic (exact) mass is 242 g/mol. The average molecular weight is 242 g/mol. The molecule has 0 aromatic heterocycles. The molecule has 2 nitrogen and oxygen atoms in total. The van der Waals surface area contributed by atoms with Crippen LogP contribution < -0.4 is 11.3 Å². The number of nitrogens with two attached hydrogens (primary N) is 1. The maximum Gasteiger partial charge on any atom is 0.0510 e. The van der Waals surface area contributed by atoms with E-state index >= 15 is 0 Å². The molecule has 0 aliphatic heterocycles. The zero-order chi connectivity index (χ0) is 12.0. The molecule has 1 aliphatic rings. The summed E-state index contributed by atoms with van der Waals surface area (Å²) in [5, 5.41) is 0. The summed E-state index contributed by atoms with van der Waals surface area (Å²) < 4.78 is 0.320. The summed E-state index contributed by atoms with van der Waals surface area (Å²) in [6.45, 7) is 6.77. The van der Waals surface area contributed by atoms with Crippen molar-refractivity contribution in [2.75, 3.05) is 5.75 Å². The van der Waals surface area contributed by atoms with E-state index in [1.165, 1.54) is 37.7 Å². The zero-order valence-electron chi connectivity index (χ0n) is 10.9. The molecule has 0 saturated carbocycles. The van der Waals surface area contributed by atoms with E-state index in [2.05, 4.69) is 32.3 Å². The molecule has 0 fully saturated rings. The minimum atomic E-state index is 0.320. The van der Waals surface area contributed by atoms with Crippen molar-refractivity contribution >= 4 is 11.8 Å². The molecule has 0 aromatic carbocycles. The van der Waals surface area contributed by atoms with Gasteiger partial charge < -0.3 is 0 Å². The Labute approximate surface area is 104 Å². The van der Waals surface area contributed by atoms with Gasteiger partial charge in [-0.05, 0) is 25.7 Å². The van der Waals surface area contributed by atoms with Crippen LogP contribution in [0.3, 0.4) is 0 Å². The Balaban J connectivity index is 2.49. The smallest absolute Gasteiger partial charge is 0.0510 e. The molecule has 3 N–H and O–H groups in total. The van der Waals surface area contributed by atoms with Crippen molar-refractivity contribution in [3.8, 4) is 0 Å². The predicted molar refractivity (Wildman–Crippen MR) is 74.5 cm³/mol. The second kappa shape index (κ2) is 6.67. The van der Waals surface area contributed by atoms with Crippen molar-refractivity contribution in [1.82, 2.24) is 5.43 Å². The van der Waals surface area contributed by atoms with E-state index in [1.54, 1.807) is 0 Å². The largest absolute Gasteiger partial charge is 0.271 e. The molecule has 1 rings (SSSR count). The summed E-state index contributed by atoms with van der Waals surface area (Å²) in [6, 6.07) is 0.363. The summed E-state index contributed by atoms with van der Waals surface area (Å²) in [5.41, 5.74) is 4.51. The summed E-state index contributed by atoms with van der Waals surface area (Å²) in [7, 11) is 0. The van der Waals surface area contributed by atoms with Gasteiger partial charge in [-0.15, -0.1) is 0 Å². The highest BCUT2D eigenvalue weighted by atomic mass is 32.2. The lowest BCUT2D eigenvalue weighted by Gasteiger charge is -2.24. The van der Waals surface area contributed by atoms with E-state index in [9.17, 15) is 0 Å².